The molecule has 1 saturated carbocycles. The van der Waals surface area contributed by atoms with E-state index in [9.17, 15) is 18.0 Å². The zero-order valence-electron chi connectivity index (χ0n) is 19.2. The van der Waals surface area contributed by atoms with E-state index >= 15 is 0 Å². The fourth-order valence-electron chi connectivity index (χ4n) is 4.76. The Morgan fingerprint density at radius 1 is 1.15 bits per heavy atom. The first kappa shape index (κ1) is 25.5. The second-order valence-electron chi connectivity index (χ2n) is 9.77. The van der Waals surface area contributed by atoms with Gasteiger partial charge in [0.1, 0.15) is 0 Å². The van der Waals surface area contributed by atoms with Crippen molar-refractivity contribution in [3.8, 4) is 0 Å². The second kappa shape index (κ2) is 10.4. The van der Waals surface area contributed by atoms with Crippen molar-refractivity contribution >= 4 is 11.9 Å². The van der Waals surface area contributed by atoms with Gasteiger partial charge in [0.05, 0.1) is 13.0 Å². The molecule has 0 aromatic heterocycles. The number of hydrogen-bond donors (Lipinski definition) is 1. The highest BCUT2D eigenvalue weighted by Crippen LogP contribution is 2.44. The molecule has 4 rings (SSSR count). The van der Waals surface area contributed by atoms with Gasteiger partial charge in [-0.05, 0) is 44.7 Å². The molecule has 2 aliphatic heterocycles. The molecular weight excluding hydrogens is 437 g/mol. The van der Waals surface area contributed by atoms with Gasteiger partial charge in [-0.3, -0.25) is 4.79 Å². The van der Waals surface area contributed by atoms with Crippen LogP contribution in [0, 0.1) is 24.2 Å². The van der Waals surface area contributed by atoms with Crippen molar-refractivity contribution in [2.45, 2.75) is 38.8 Å². The summed E-state index contributed by atoms with van der Waals surface area (Å²) in [7, 11) is 2.21. The van der Waals surface area contributed by atoms with Crippen molar-refractivity contribution in [2.24, 2.45) is 17.3 Å². The number of rotatable bonds is 6. The predicted octanol–water partition coefficient (Wildman–Crippen LogP) is 3.38. The molecule has 1 aromatic carbocycles. The zero-order chi connectivity index (χ0) is 24.2. The van der Waals surface area contributed by atoms with Crippen LogP contribution in [0.3, 0.4) is 0 Å². The topological polar surface area (TPSA) is 70.1 Å². The van der Waals surface area contributed by atoms with Gasteiger partial charge in [0.2, 0.25) is 5.91 Å². The number of halogens is 3. The minimum atomic E-state index is -5.08. The molecule has 2 heterocycles. The molecule has 3 fully saturated rings. The minimum absolute atomic E-state index is 0.237. The van der Waals surface area contributed by atoms with Gasteiger partial charge in [0.25, 0.3) is 0 Å². The molecule has 3 aliphatic rings. The minimum Gasteiger partial charge on any atom is -0.475 e. The van der Waals surface area contributed by atoms with E-state index in [1.807, 2.05) is 0 Å². The SMILES string of the molecule is Cc1ccc(CC(=O)N2CC[C@@]3(CN(C)C[C@@H]3COCC3CC3)C2)cc1.O=C(O)C(F)(F)F. The molecule has 1 aromatic rings. The third-order valence-electron chi connectivity index (χ3n) is 6.81. The van der Waals surface area contributed by atoms with Crippen LogP contribution in [0.2, 0.25) is 0 Å². The summed E-state index contributed by atoms with van der Waals surface area (Å²) in [4.78, 5) is 26.3. The molecule has 0 bridgehead atoms. The number of aliphatic carboxylic acids is 1. The third-order valence-corrected chi connectivity index (χ3v) is 6.81. The highest BCUT2D eigenvalue weighted by molar-refractivity contribution is 5.79. The van der Waals surface area contributed by atoms with Gasteiger partial charge < -0.3 is 19.6 Å². The van der Waals surface area contributed by atoms with Gasteiger partial charge in [-0.2, -0.15) is 13.2 Å². The molecule has 9 heteroatoms. The van der Waals surface area contributed by atoms with E-state index in [1.54, 1.807) is 0 Å². The molecule has 6 nitrogen and oxygen atoms in total. The third kappa shape index (κ3) is 7.17. The lowest BCUT2D eigenvalue weighted by Crippen LogP contribution is -2.38. The predicted molar refractivity (Wildman–Crippen MR) is 117 cm³/mol. The summed E-state index contributed by atoms with van der Waals surface area (Å²) < 4.78 is 37.8. The monoisotopic (exact) mass is 470 g/mol. The Morgan fingerprint density at radius 3 is 2.36 bits per heavy atom. The van der Waals surface area contributed by atoms with E-state index in [0.717, 1.165) is 57.3 Å². The number of aryl methyl sites for hydroxylation is 1. The summed E-state index contributed by atoms with van der Waals surface area (Å²) in [5, 5.41) is 7.12. The number of carbonyl (C=O) groups is 2. The fourth-order valence-corrected chi connectivity index (χ4v) is 4.76. The normalized spacial score (nSPS) is 25.2. The van der Waals surface area contributed by atoms with E-state index in [1.165, 1.54) is 18.4 Å². The van der Waals surface area contributed by atoms with Gasteiger partial charge in [0.15, 0.2) is 0 Å². The van der Waals surface area contributed by atoms with Crippen molar-refractivity contribution in [1.29, 1.82) is 0 Å². The van der Waals surface area contributed by atoms with E-state index in [0.29, 0.717) is 12.3 Å². The fraction of sp³-hybridized carbons (Fsp3) is 0.667. The zero-order valence-corrected chi connectivity index (χ0v) is 19.2. The Labute approximate surface area is 192 Å². The molecule has 1 N–H and O–H groups in total. The van der Waals surface area contributed by atoms with Gasteiger partial charge in [-0.15, -0.1) is 0 Å². The first-order valence-electron chi connectivity index (χ1n) is 11.4. The standard InChI is InChI=1S/C22H32N2O2.C2HF3O2/c1-17-3-5-18(6-4-17)11-21(25)24-10-9-22(16-24)15-23(2)12-20(22)14-26-13-19-7-8-19;3-2(4,5)1(6)7/h3-6,19-20H,7-16H2,1-2H3;(H,6,7)/t20-,22-;/m1./s1. The van der Waals surface area contributed by atoms with Crippen molar-refractivity contribution in [3.05, 3.63) is 35.4 Å². The number of amides is 1. The quantitative estimate of drug-likeness (QED) is 0.691. The highest BCUT2D eigenvalue weighted by atomic mass is 19.4. The number of likely N-dealkylation sites (tertiary alicyclic amines) is 2. The average Bonchev–Trinajstić information content (AvgIpc) is 3.38. The van der Waals surface area contributed by atoms with Crippen molar-refractivity contribution in [1.82, 2.24) is 9.80 Å². The summed E-state index contributed by atoms with van der Waals surface area (Å²) in [5.41, 5.74) is 2.60. The number of benzene rings is 1. The number of hydrogen-bond acceptors (Lipinski definition) is 4. The maximum absolute atomic E-state index is 12.8. The Morgan fingerprint density at radius 2 is 1.79 bits per heavy atom. The smallest absolute Gasteiger partial charge is 0.475 e. The van der Waals surface area contributed by atoms with E-state index in [2.05, 4.69) is 48.0 Å². The maximum Gasteiger partial charge on any atom is 0.490 e. The number of carbonyl (C=O) groups excluding carboxylic acids is 1. The lowest BCUT2D eigenvalue weighted by molar-refractivity contribution is -0.192. The van der Waals surface area contributed by atoms with Crippen LogP contribution in [0.15, 0.2) is 24.3 Å². The number of alkyl halides is 3. The van der Waals surface area contributed by atoms with Gasteiger partial charge >= 0.3 is 12.1 Å². The Bertz CT molecular complexity index is 826. The van der Waals surface area contributed by atoms with Crippen molar-refractivity contribution in [2.75, 3.05) is 46.4 Å². The lowest BCUT2D eigenvalue weighted by Gasteiger charge is -2.30. The van der Waals surface area contributed by atoms with Crippen LogP contribution in [-0.2, 0) is 20.7 Å². The molecule has 184 valence electrons. The molecule has 0 radical (unpaired) electrons. The summed E-state index contributed by atoms with van der Waals surface area (Å²) in [5.74, 6) is -1.10. The van der Waals surface area contributed by atoms with Crippen LogP contribution < -0.4 is 0 Å². The average molecular weight is 471 g/mol. The van der Waals surface area contributed by atoms with Gasteiger partial charge in [0, 0.05) is 44.1 Å². The van der Waals surface area contributed by atoms with Crippen LogP contribution in [-0.4, -0.2) is 79.4 Å². The largest absolute Gasteiger partial charge is 0.490 e. The summed E-state index contributed by atoms with van der Waals surface area (Å²) in [6.07, 6.45) is -0.752. The van der Waals surface area contributed by atoms with Crippen LogP contribution in [0.25, 0.3) is 0 Å². The van der Waals surface area contributed by atoms with E-state index in [4.69, 9.17) is 14.6 Å². The van der Waals surface area contributed by atoms with Gasteiger partial charge in [-0.1, -0.05) is 29.8 Å². The Kier molecular flexibility index (Phi) is 8.05. The van der Waals surface area contributed by atoms with Crippen molar-refractivity contribution in [3.63, 3.8) is 0 Å². The molecule has 1 aliphatic carbocycles. The second-order valence-corrected chi connectivity index (χ2v) is 9.77. The Balaban J connectivity index is 0.000000383. The molecule has 2 saturated heterocycles. The summed E-state index contributed by atoms with van der Waals surface area (Å²) in [6, 6.07) is 8.34. The van der Waals surface area contributed by atoms with Crippen LogP contribution >= 0.6 is 0 Å². The van der Waals surface area contributed by atoms with Crippen LogP contribution in [0.5, 0.6) is 0 Å². The maximum atomic E-state index is 12.8. The molecule has 2 atom stereocenters. The highest BCUT2D eigenvalue weighted by Gasteiger charge is 2.50. The lowest BCUT2D eigenvalue weighted by atomic mass is 9.77. The number of ether oxygens (including phenoxy) is 1. The molecule has 33 heavy (non-hydrogen) atoms. The molecular formula is C24H33F3N2O4. The number of carboxylic acids is 1. The van der Waals surface area contributed by atoms with Crippen LogP contribution in [0.1, 0.15) is 30.4 Å². The van der Waals surface area contributed by atoms with E-state index in [-0.39, 0.29) is 11.3 Å². The van der Waals surface area contributed by atoms with Crippen LogP contribution in [0.4, 0.5) is 13.2 Å². The first-order chi connectivity index (χ1) is 15.5. The molecule has 0 unspecified atom stereocenters. The van der Waals surface area contributed by atoms with Crippen molar-refractivity contribution < 1.29 is 32.6 Å². The first-order valence-corrected chi connectivity index (χ1v) is 11.4. The summed E-state index contributed by atoms with van der Waals surface area (Å²) in [6.45, 7) is 7.88. The molecule has 1 amide bonds. The Hall–Kier alpha value is -2.13. The summed E-state index contributed by atoms with van der Waals surface area (Å²) >= 11 is 0. The molecule has 1 spiro atoms. The van der Waals surface area contributed by atoms with E-state index < -0.39 is 12.1 Å². The number of carboxylic acid groups (broad SMARTS) is 1. The van der Waals surface area contributed by atoms with Gasteiger partial charge in [-0.25, -0.2) is 4.79 Å². The number of nitrogens with zero attached hydrogens (tertiary/aromatic N) is 2.